The molecule has 0 unspecified atom stereocenters. The summed E-state index contributed by atoms with van der Waals surface area (Å²) < 4.78 is 18.5. The second-order valence-electron chi connectivity index (χ2n) is 8.19. The molecule has 2 amide bonds. The lowest BCUT2D eigenvalue weighted by Gasteiger charge is -2.49. The minimum Gasteiger partial charge on any atom is -0.477 e. The summed E-state index contributed by atoms with van der Waals surface area (Å²) in [5.74, 6) is -1.48. The van der Waals surface area contributed by atoms with Gasteiger partial charge in [-0.3, -0.25) is 14.5 Å². The molecule has 2 aliphatic heterocycles. The van der Waals surface area contributed by atoms with Gasteiger partial charge in [0.25, 0.3) is 5.91 Å². The maximum absolute atomic E-state index is 13.2. The van der Waals surface area contributed by atoms with Crippen molar-refractivity contribution in [1.29, 1.82) is 0 Å². The third kappa shape index (κ3) is 5.32. The number of fused-ring (bicyclic) bond motifs is 1. The Morgan fingerprint density at radius 3 is 2.68 bits per heavy atom. The Bertz CT molecular complexity index is 1410. The highest BCUT2D eigenvalue weighted by Gasteiger charge is 2.53. The van der Waals surface area contributed by atoms with Crippen LogP contribution in [-0.4, -0.2) is 55.9 Å². The van der Waals surface area contributed by atoms with Gasteiger partial charge in [-0.1, -0.05) is 29.4 Å². The van der Waals surface area contributed by atoms with Crippen LogP contribution in [0, 0.1) is 5.82 Å². The molecule has 8 nitrogen and oxygen atoms in total. The van der Waals surface area contributed by atoms with E-state index >= 15 is 0 Å². The molecule has 188 valence electrons. The van der Waals surface area contributed by atoms with E-state index in [2.05, 4.69) is 10.5 Å². The summed E-state index contributed by atoms with van der Waals surface area (Å²) in [7, 11) is 0. The van der Waals surface area contributed by atoms with Crippen molar-refractivity contribution in [2.75, 3.05) is 11.5 Å². The zero-order valence-electron chi connectivity index (χ0n) is 19.2. The topological polar surface area (TPSA) is 113 Å². The molecule has 0 spiro atoms. The van der Waals surface area contributed by atoms with Crippen molar-refractivity contribution >= 4 is 47.4 Å². The summed E-state index contributed by atoms with van der Waals surface area (Å²) in [5.41, 5.74) is 1.50. The summed E-state index contributed by atoms with van der Waals surface area (Å²) >= 11 is 2.74. The maximum Gasteiger partial charge on any atom is 0.352 e. The zero-order valence-corrected chi connectivity index (χ0v) is 20.8. The van der Waals surface area contributed by atoms with Crippen LogP contribution in [0.4, 0.5) is 4.39 Å². The van der Waals surface area contributed by atoms with Crippen molar-refractivity contribution in [3.05, 3.63) is 89.6 Å². The fraction of sp³-hybridized carbons (Fsp3) is 0.154. The molecule has 2 aromatic carbocycles. The summed E-state index contributed by atoms with van der Waals surface area (Å²) in [4.78, 5) is 39.5. The largest absolute Gasteiger partial charge is 0.477 e. The first-order valence-electron chi connectivity index (χ1n) is 11.2. The van der Waals surface area contributed by atoms with E-state index in [-0.39, 0.29) is 23.2 Å². The number of allylic oxidation sites excluding steroid dienone is 1. The minimum atomic E-state index is -1.23. The van der Waals surface area contributed by atoms with E-state index in [1.807, 2.05) is 30.3 Å². The van der Waals surface area contributed by atoms with Gasteiger partial charge in [0.2, 0.25) is 5.91 Å². The van der Waals surface area contributed by atoms with E-state index in [4.69, 9.17) is 4.52 Å². The number of nitrogens with zero attached hydrogens (tertiary/aromatic N) is 2. The number of nitrogens with one attached hydrogen (secondary N) is 1. The van der Waals surface area contributed by atoms with Gasteiger partial charge in [-0.05, 0) is 48.0 Å². The molecule has 2 aliphatic rings. The van der Waals surface area contributed by atoms with E-state index in [1.54, 1.807) is 30.4 Å². The van der Waals surface area contributed by atoms with Crippen LogP contribution in [0.25, 0.3) is 17.3 Å². The molecule has 1 aromatic heterocycles. The first-order valence-corrected chi connectivity index (χ1v) is 13.2. The van der Waals surface area contributed by atoms with E-state index in [0.717, 1.165) is 4.90 Å². The van der Waals surface area contributed by atoms with Gasteiger partial charge in [-0.15, -0.1) is 23.5 Å². The van der Waals surface area contributed by atoms with Crippen molar-refractivity contribution in [1.82, 2.24) is 15.4 Å². The quantitative estimate of drug-likeness (QED) is 0.327. The van der Waals surface area contributed by atoms with E-state index < -0.39 is 23.3 Å². The minimum absolute atomic E-state index is 0.118. The normalized spacial score (nSPS) is 19.1. The fourth-order valence-electron chi connectivity index (χ4n) is 3.96. The van der Waals surface area contributed by atoms with Crippen LogP contribution < -0.4 is 5.32 Å². The zero-order chi connectivity index (χ0) is 25.9. The summed E-state index contributed by atoms with van der Waals surface area (Å²) in [6.45, 7) is 0. The standard InChI is InChI=1S/C26H20FN3O5S2/c27-17-9-6-15(7-10-17)20-12-18(35-29-20)11-8-16-13-37-25-22(24(32)30(25)23(16)26(33)34)28-21(31)14-36-19-4-2-1-3-5-19/h1-12,22,25H,13-14H2,(H,28,31)(H,33,34)/b11-8+/t22-,25-/m1/s1. The van der Waals surface area contributed by atoms with Gasteiger partial charge in [0, 0.05) is 22.3 Å². The first-order chi connectivity index (χ1) is 17.9. The Morgan fingerprint density at radius 2 is 1.95 bits per heavy atom. The van der Waals surface area contributed by atoms with E-state index in [0.29, 0.717) is 28.3 Å². The van der Waals surface area contributed by atoms with Crippen LogP contribution in [0.5, 0.6) is 0 Å². The van der Waals surface area contributed by atoms with Gasteiger partial charge in [0.15, 0.2) is 5.76 Å². The molecule has 37 heavy (non-hydrogen) atoms. The number of carbonyl (C=O) groups excluding carboxylic acids is 2. The Balaban J connectivity index is 1.26. The van der Waals surface area contributed by atoms with Crippen molar-refractivity contribution in [3.8, 4) is 11.3 Å². The number of carbonyl (C=O) groups is 3. The van der Waals surface area contributed by atoms with Crippen molar-refractivity contribution < 1.29 is 28.4 Å². The highest BCUT2D eigenvalue weighted by molar-refractivity contribution is 8.00. The number of hydrogen-bond acceptors (Lipinski definition) is 7. The van der Waals surface area contributed by atoms with Gasteiger partial charge < -0.3 is 14.9 Å². The van der Waals surface area contributed by atoms with Crippen molar-refractivity contribution in [3.63, 3.8) is 0 Å². The van der Waals surface area contributed by atoms with Crippen LogP contribution in [0.2, 0.25) is 0 Å². The second-order valence-corrected chi connectivity index (χ2v) is 10.3. The number of benzene rings is 2. The molecule has 0 radical (unpaired) electrons. The molecular formula is C26H20FN3O5S2. The van der Waals surface area contributed by atoms with Crippen LogP contribution in [0.15, 0.2) is 87.4 Å². The molecule has 0 bridgehead atoms. The maximum atomic E-state index is 13.2. The van der Waals surface area contributed by atoms with Gasteiger partial charge in [0.1, 0.15) is 28.6 Å². The number of halogens is 1. The number of β-lactam (4-membered cyclic amide) rings is 1. The summed E-state index contributed by atoms with van der Waals surface area (Å²) in [5, 5.41) is 16.1. The third-order valence-electron chi connectivity index (χ3n) is 5.75. The molecule has 11 heteroatoms. The van der Waals surface area contributed by atoms with E-state index in [1.165, 1.54) is 40.6 Å². The Labute approximate surface area is 219 Å². The average Bonchev–Trinajstić information content (AvgIpc) is 3.38. The van der Waals surface area contributed by atoms with Crippen molar-refractivity contribution in [2.24, 2.45) is 0 Å². The lowest BCUT2D eigenvalue weighted by atomic mass is 10.0. The SMILES string of the molecule is O=C(CSc1ccccc1)N[C@@H]1C(=O)N2C(C(=O)O)=C(/C=C/c3cc(-c4ccc(F)cc4)no3)CS[C@H]12. The van der Waals surface area contributed by atoms with Crippen LogP contribution in [0.3, 0.4) is 0 Å². The summed E-state index contributed by atoms with van der Waals surface area (Å²) in [6.07, 6.45) is 3.15. The number of aliphatic carboxylic acids is 1. The van der Waals surface area contributed by atoms with E-state index in [9.17, 15) is 23.9 Å². The third-order valence-corrected chi connectivity index (χ3v) is 8.06. The Hall–Kier alpha value is -3.83. The molecule has 1 fully saturated rings. The van der Waals surface area contributed by atoms with Crippen LogP contribution >= 0.6 is 23.5 Å². The summed E-state index contributed by atoms with van der Waals surface area (Å²) in [6, 6.07) is 16.1. The number of thioether (sulfide) groups is 2. The number of rotatable bonds is 8. The Kier molecular flexibility index (Phi) is 7.15. The number of carboxylic acids is 1. The number of carboxylic acid groups (broad SMARTS) is 1. The van der Waals surface area contributed by atoms with Crippen LogP contribution in [0.1, 0.15) is 5.76 Å². The molecule has 0 aliphatic carbocycles. The molecule has 3 heterocycles. The predicted molar refractivity (Wildman–Crippen MR) is 138 cm³/mol. The number of aromatic nitrogens is 1. The fourth-order valence-corrected chi connectivity index (χ4v) is 6.01. The highest BCUT2D eigenvalue weighted by Crippen LogP contribution is 2.41. The average molecular weight is 538 g/mol. The highest BCUT2D eigenvalue weighted by atomic mass is 32.2. The molecule has 2 atom stereocenters. The van der Waals surface area contributed by atoms with Crippen molar-refractivity contribution in [2.45, 2.75) is 16.3 Å². The Morgan fingerprint density at radius 1 is 1.19 bits per heavy atom. The smallest absolute Gasteiger partial charge is 0.352 e. The molecule has 0 saturated carbocycles. The van der Waals surface area contributed by atoms with Gasteiger partial charge in [0.05, 0.1) is 5.75 Å². The lowest BCUT2D eigenvalue weighted by Crippen LogP contribution is -2.70. The van der Waals surface area contributed by atoms with Crippen LogP contribution in [-0.2, 0) is 14.4 Å². The number of hydrogen-bond donors (Lipinski definition) is 2. The van der Waals surface area contributed by atoms with Gasteiger partial charge >= 0.3 is 5.97 Å². The second kappa shape index (κ2) is 10.7. The first kappa shape index (κ1) is 24.8. The monoisotopic (exact) mass is 537 g/mol. The van der Waals surface area contributed by atoms with Gasteiger partial charge in [-0.2, -0.15) is 0 Å². The molecular weight excluding hydrogens is 517 g/mol. The number of amides is 2. The molecule has 5 rings (SSSR count). The molecule has 1 saturated heterocycles. The molecule has 3 aromatic rings. The lowest BCUT2D eigenvalue weighted by molar-refractivity contribution is -0.150. The predicted octanol–water partition coefficient (Wildman–Crippen LogP) is 4.02. The molecule has 2 N–H and O–H groups in total. The van der Waals surface area contributed by atoms with Gasteiger partial charge in [-0.25, -0.2) is 9.18 Å².